The number of hydrogen-bond acceptors (Lipinski definition) is 5. The van der Waals surface area contributed by atoms with Crippen molar-refractivity contribution in [3.05, 3.63) is 88.7 Å². The lowest BCUT2D eigenvalue weighted by atomic mass is 10.2. The molecule has 6 nitrogen and oxygen atoms in total. The number of hydrogen-bond donors (Lipinski definition) is 1. The highest BCUT2D eigenvalue weighted by Crippen LogP contribution is 2.28. The molecule has 0 fully saturated rings. The highest BCUT2D eigenvalue weighted by molar-refractivity contribution is 6.30. The highest BCUT2D eigenvalue weighted by Gasteiger charge is 2.07. The first kappa shape index (κ1) is 22.1. The zero-order valence-corrected chi connectivity index (χ0v) is 17.4. The zero-order chi connectivity index (χ0) is 22.1. The number of amides is 1. The van der Waals surface area contributed by atoms with Gasteiger partial charge in [0.2, 0.25) is 0 Å². The molecular weight excluding hydrogens is 423 g/mol. The van der Waals surface area contributed by atoms with Gasteiger partial charge in [0.25, 0.3) is 5.91 Å². The van der Waals surface area contributed by atoms with Gasteiger partial charge in [-0.25, -0.2) is 4.39 Å². The molecule has 0 unspecified atom stereocenters. The summed E-state index contributed by atoms with van der Waals surface area (Å²) >= 11 is 5.80. The van der Waals surface area contributed by atoms with Crippen LogP contribution in [-0.2, 0) is 16.2 Å². The Morgan fingerprint density at radius 1 is 1.10 bits per heavy atom. The molecule has 1 N–H and O–H groups in total. The van der Waals surface area contributed by atoms with Crippen molar-refractivity contribution in [1.29, 1.82) is 0 Å². The monoisotopic (exact) mass is 442 g/mol. The summed E-state index contributed by atoms with van der Waals surface area (Å²) in [5.41, 5.74) is 2.01. The standard InChI is InChI=1S/C23H20ClFN2O4/c1-29-22-12-16(5-10-21(22)30-14-17-3-2-4-19(25)11-17)13-26-31-15-23(28)27-20-8-6-18(24)7-9-20/h2-13H,14-15H2,1H3,(H,27,28)/b26-13+. The van der Waals surface area contributed by atoms with Crippen LogP contribution in [0, 0.1) is 5.82 Å². The Kier molecular flexibility index (Phi) is 7.84. The van der Waals surface area contributed by atoms with E-state index in [0.29, 0.717) is 33.3 Å². The van der Waals surface area contributed by atoms with E-state index in [1.165, 1.54) is 25.5 Å². The van der Waals surface area contributed by atoms with Crippen molar-refractivity contribution in [2.45, 2.75) is 6.61 Å². The second-order valence-corrected chi connectivity index (χ2v) is 6.83. The lowest BCUT2D eigenvalue weighted by Gasteiger charge is -2.11. The number of ether oxygens (including phenoxy) is 2. The van der Waals surface area contributed by atoms with Crippen molar-refractivity contribution in [3.63, 3.8) is 0 Å². The van der Waals surface area contributed by atoms with Crippen LogP contribution < -0.4 is 14.8 Å². The van der Waals surface area contributed by atoms with Crippen LogP contribution in [0.4, 0.5) is 10.1 Å². The molecule has 0 radical (unpaired) electrons. The van der Waals surface area contributed by atoms with E-state index in [-0.39, 0.29) is 24.9 Å². The van der Waals surface area contributed by atoms with Crippen LogP contribution in [0.15, 0.2) is 71.9 Å². The van der Waals surface area contributed by atoms with E-state index in [9.17, 15) is 9.18 Å². The van der Waals surface area contributed by atoms with Crippen LogP contribution >= 0.6 is 11.6 Å². The molecule has 3 rings (SSSR count). The molecule has 8 heteroatoms. The number of rotatable bonds is 9. The molecule has 1 amide bonds. The van der Waals surface area contributed by atoms with Gasteiger partial charge in [-0.05, 0) is 60.2 Å². The molecule has 0 saturated heterocycles. The Hall–Kier alpha value is -3.58. The largest absolute Gasteiger partial charge is 0.493 e. The van der Waals surface area contributed by atoms with Crippen molar-refractivity contribution in [2.24, 2.45) is 5.16 Å². The number of methoxy groups -OCH3 is 1. The number of carbonyl (C=O) groups excluding carboxylic acids is 1. The second-order valence-electron chi connectivity index (χ2n) is 6.39. The predicted octanol–water partition coefficient (Wildman–Crippen LogP) is 5.06. The number of nitrogens with one attached hydrogen (secondary N) is 1. The van der Waals surface area contributed by atoms with Crippen LogP contribution in [0.5, 0.6) is 11.5 Å². The average molecular weight is 443 g/mol. The quantitative estimate of drug-likeness (QED) is 0.371. The number of nitrogens with zero attached hydrogens (tertiary/aromatic N) is 1. The fourth-order valence-corrected chi connectivity index (χ4v) is 2.72. The Bertz CT molecular complexity index is 1060. The summed E-state index contributed by atoms with van der Waals surface area (Å²) < 4.78 is 24.3. The first-order valence-electron chi connectivity index (χ1n) is 9.29. The number of oxime groups is 1. The molecule has 0 aromatic heterocycles. The summed E-state index contributed by atoms with van der Waals surface area (Å²) in [5.74, 6) is 0.327. The summed E-state index contributed by atoms with van der Waals surface area (Å²) in [6.45, 7) is -0.0432. The van der Waals surface area contributed by atoms with E-state index in [0.717, 1.165) is 0 Å². The number of anilines is 1. The summed E-state index contributed by atoms with van der Waals surface area (Å²) in [7, 11) is 1.52. The molecule has 0 atom stereocenters. The number of halogens is 2. The van der Waals surface area contributed by atoms with E-state index < -0.39 is 0 Å². The topological polar surface area (TPSA) is 69.2 Å². The minimum Gasteiger partial charge on any atom is -0.493 e. The smallest absolute Gasteiger partial charge is 0.265 e. The molecule has 0 aliphatic rings. The Morgan fingerprint density at radius 2 is 1.90 bits per heavy atom. The Labute approximate surface area is 184 Å². The average Bonchev–Trinajstić information content (AvgIpc) is 2.77. The lowest BCUT2D eigenvalue weighted by molar-refractivity contribution is -0.120. The van der Waals surface area contributed by atoms with Crippen molar-refractivity contribution in [3.8, 4) is 11.5 Å². The van der Waals surface area contributed by atoms with Crippen LogP contribution in [0.25, 0.3) is 0 Å². The van der Waals surface area contributed by atoms with Gasteiger partial charge in [-0.2, -0.15) is 0 Å². The third-order valence-corrected chi connectivity index (χ3v) is 4.32. The minimum atomic E-state index is -0.349. The molecule has 0 bridgehead atoms. The summed E-state index contributed by atoms with van der Waals surface area (Å²) in [4.78, 5) is 16.9. The van der Waals surface area contributed by atoms with Gasteiger partial charge in [0.1, 0.15) is 12.4 Å². The third kappa shape index (κ3) is 7.01. The van der Waals surface area contributed by atoms with Gasteiger partial charge in [-0.3, -0.25) is 4.79 Å². The van der Waals surface area contributed by atoms with E-state index in [4.69, 9.17) is 25.9 Å². The van der Waals surface area contributed by atoms with E-state index >= 15 is 0 Å². The molecular formula is C23H20ClFN2O4. The summed E-state index contributed by atoms with van der Waals surface area (Å²) in [6.07, 6.45) is 1.45. The molecule has 0 heterocycles. The van der Waals surface area contributed by atoms with Gasteiger partial charge in [0.05, 0.1) is 13.3 Å². The maximum absolute atomic E-state index is 13.3. The summed E-state index contributed by atoms with van der Waals surface area (Å²) in [5, 5.41) is 7.05. The zero-order valence-electron chi connectivity index (χ0n) is 16.7. The van der Waals surface area contributed by atoms with Gasteiger partial charge < -0.3 is 19.6 Å². The molecule has 0 aliphatic heterocycles. The normalized spacial score (nSPS) is 10.7. The fraction of sp³-hybridized carbons (Fsp3) is 0.130. The second kappa shape index (κ2) is 11.0. The maximum atomic E-state index is 13.3. The molecule has 160 valence electrons. The van der Waals surface area contributed by atoms with Gasteiger partial charge in [-0.15, -0.1) is 0 Å². The molecule has 0 aliphatic carbocycles. The van der Waals surface area contributed by atoms with E-state index in [2.05, 4.69) is 10.5 Å². The minimum absolute atomic E-state index is 0.202. The molecule has 31 heavy (non-hydrogen) atoms. The van der Waals surface area contributed by atoms with Gasteiger partial charge in [-0.1, -0.05) is 28.9 Å². The highest BCUT2D eigenvalue weighted by atomic mass is 35.5. The first-order chi connectivity index (χ1) is 15.0. The fourth-order valence-electron chi connectivity index (χ4n) is 2.60. The van der Waals surface area contributed by atoms with Crippen molar-refractivity contribution >= 4 is 29.4 Å². The number of carbonyl (C=O) groups is 1. The van der Waals surface area contributed by atoms with Crippen LogP contribution in [0.2, 0.25) is 5.02 Å². The Morgan fingerprint density at radius 3 is 2.65 bits per heavy atom. The van der Waals surface area contributed by atoms with Gasteiger partial charge in [0.15, 0.2) is 18.1 Å². The van der Waals surface area contributed by atoms with E-state index in [1.807, 2.05) is 0 Å². The summed E-state index contributed by atoms with van der Waals surface area (Å²) in [6, 6.07) is 18.1. The lowest BCUT2D eigenvalue weighted by Crippen LogP contribution is -2.16. The van der Waals surface area contributed by atoms with E-state index in [1.54, 1.807) is 54.6 Å². The van der Waals surface area contributed by atoms with Crippen LogP contribution in [0.3, 0.4) is 0 Å². The van der Waals surface area contributed by atoms with Crippen molar-refractivity contribution in [2.75, 3.05) is 19.0 Å². The molecule has 0 spiro atoms. The van der Waals surface area contributed by atoms with Crippen molar-refractivity contribution in [1.82, 2.24) is 0 Å². The van der Waals surface area contributed by atoms with Gasteiger partial charge in [0, 0.05) is 16.3 Å². The number of benzene rings is 3. The maximum Gasteiger partial charge on any atom is 0.265 e. The molecule has 0 saturated carbocycles. The van der Waals surface area contributed by atoms with Crippen LogP contribution in [0.1, 0.15) is 11.1 Å². The Balaban J connectivity index is 1.51. The van der Waals surface area contributed by atoms with Crippen molar-refractivity contribution < 1.29 is 23.5 Å². The molecule has 3 aromatic carbocycles. The SMILES string of the molecule is COc1cc(/C=N/OCC(=O)Nc2ccc(Cl)cc2)ccc1OCc1cccc(F)c1. The third-order valence-electron chi connectivity index (χ3n) is 4.07. The molecule has 3 aromatic rings. The predicted molar refractivity (Wildman–Crippen MR) is 117 cm³/mol. The van der Waals surface area contributed by atoms with Crippen LogP contribution in [-0.4, -0.2) is 25.8 Å². The van der Waals surface area contributed by atoms with Gasteiger partial charge >= 0.3 is 0 Å². The first-order valence-corrected chi connectivity index (χ1v) is 9.67.